The SMILES string of the molecule is CCC(Sc1cccc(NC(=O)/C(=C/c2ccsc2)NC(=O)c2ccccc2)c1)C(=O)Nc1ccc(OC)c(Cl)c1. The van der Waals surface area contributed by atoms with Crippen LogP contribution in [0.15, 0.2) is 100 Å². The van der Waals surface area contributed by atoms with Gasteiger partial charge < -0.3 is 20.7 Å². The number of methoxy groups -OCH3 is 1. The Morgan fingerprint density at radius 3 is 2.44 bits per heavy atom. The lowest BCUT2D eigenvalue weighted by Gasteiger charge is -2.16. The Morgan fingerprint density at radius 1 is 0.976 bits per heavy atom. The van der Waals surface area contributed by atoms with E-state index in [1.165, 1.54) is 30.2 Å². The molecule has 0 saturated heterocycles. The Morgan fingerprint density at radius 2 is 1.76 bits per heavy atom. The van der Waals surface area contributed by atoms with Crippen molar-refractivity contribution in [1.82, 2.24) is 5.32 Å². The van der Waals surface area contributed by atoms with Crippen molar-refractivity contribution in [3.05, 3.63) is 111 Å². The summed E-state index contributed by atoms with van der Waals surface area (Å²) in [7, 11) is 1.53. The average molecular weight is 606 g/mol. The first-order valence-electron chi connectivity index (χ1n) is 12.7. The predicted octanol–water partition coefficient (Wildman–Crippen LogP) is 7.33. The number of nitrogens with one attached hydrogen (secondary N) is 3. The van der Waals surface area contributed by atoms with E-state index >= 15 is 0 Å². The molecule has 10 heteroatoms. The molecule has 41 heavy (non-hydrogen) atoms. The first-order chi connectivity index (χ1) is 19.9. The van der Waals surface area contributed by atoms with Gasteiger partial charge in [0.25, 0.3) is 11.8 Å². The van der Waals surface area contributed by atoms with Gasteiger partial charge in [-0.25, -0.2) is 0 Å². The highest BCUT2D eigenvalue weighted by atomic mass is 35.5. The van der Waals surface area contributed by atoms with Gasteiger partial charge in [0.1, 0.15) is 11.4 Å². The lowest BCUT2D eigenvalue weighted by molar-refractivity contribution is -0.116. The van der Waals surface area contributed by atoms with Crippen molar-refractivity contribution in [1.29, 1.82) is 0 Å². The Kier molecular flexibility index (Phi) is 10.6. The van der Waals surface area contributed by atoms with Crippen molar-refractivity contribution >= 4 is 69.9 Å². The van der Waals surface area contributed by atoms with Crippen molar-refractivity contribution in [2.75, 3.05) is 17.7 Å². The van der Waals surface area contributed by atoms with Crippen LogP contribution in [0.25, 0.3) is 6.08 Å². The van der Waals surface area contributed by atoms with Gasteiger partial charge in [-0.2, -0.15) is 11.3 Å². The van der Waals surface area contributed by atoms with Gasteiger partial charge in [-0.05, 0) is 83.4 Å². The molecule has 0 aliphatic rings. The van der Waals surface area contributed by atoms with Gasteiger partial charge in [-0.1, -0.05) is 42.8 Å². The molecule has 1 aromatic heterocycles. The van der Waals surface area contributed by atoms with Gasteiger partial charge in [0.05, 0.1) is 17.4 Å². The molecule has 0 aliphatic heterocycles. The lowest BCUT2D eigenvalue weighted by atomic mass is 10.2. The zero-order valence-corrected chi connectivity index (χ0v) is 24.7. The third kappa shape index (κ3) is 8.47. The van der Waals surface area contributed by atoms with Crippen LogP contribution in [0, 0.1) is 0 Å². The van der Waals surface area contributed by atoms with Crippen LogP contribution in [0.5, 0.6) is 5.75 Å². The Hall–Kier alpha value is -4.05. The average Bonchev–Trinajstić information content (AvgIpc) is 3.49. The van der Waals surface area contributed by atoms with Gasteiger partial charge in [0.15, 0.2) is 0 Å². The number of benzene rings is 3. The molecule has 1 atom stereocenters. The zero-order valence-electron chi connectivity index (χ0n) is 22.3. The minimum atomic E-state index is -0.469. The summed E-state index contributed by atoms with van der Waals surface area (Å²) < 4.78 is 5.17. The fourth-order valence-corrected chi connectivity index (χ4v) is 5.65. The second kappa shape index (κ2) is 14.5. The van der Waals surface area contributed by atoms with Crippen LogP contribution in [0.3, 0.4) is 0 Å². The molecule has 0 radical (unpaired) electrons. The highest BCUT2D eigenvalue weighted by molar-refractivity contribution is 8.00. The second-order valence-electron chi connectivity index (χ2n) is 8.77. The van der Waals surface area contributed by atoms with Crippen molar-refractivity contribution in [3.63, 3.8) is 0 Å². The van der Waals surface area contributed by atoms with E-state index in [0.717, 1.165) is 10.5 Å². The number of thiophene rings is 1. The number of carbonyl (C=O) groups excluding carboxylic acids is 3. The summed E-state index contributed by atoms with van der Waals surface area (Å²) in [5.41, 5.74) is 2.45. The summed E-state index contributed by atoms with van der Waals surface area (Å²) in [4.78, 5) is 39.9. The largest absolute Gasteiger partial charge is 0.495 e. The predicted molar refractivity (Wildman–Crippen MR) is 168 cm³/mol. The zero-order chi connectivity index (χ0) is 29.2. The van der Waals surface area contributed by atoms with Crippen molar-refractivity contribution in [3.8, 4) is 5.75 Å². The van der Waals surface area contributed by atoms with Crippen LogP contribution < -0.4 is 20.7 Å². The molecule has 0 fully saturated rings. The number of anilines is 2. The van der Waals surface area contributed by atoms with Gasteiger partial charge in [-0.15, -0.1) is 11.8 Å². The van der Waals surface area contributed by atoms with Gasteiger partial charge >= 0.3 is 0 Å². The molecule has 3 aromatic carbocycles. The third-order valence-electron chi connectivity index (χ3n) is 5.84. The topological polar surface area (TPSA) is 96.5 Å². The van der Waals surface area contributed by atoms with Gasteiger partial charge in [0.2, 0.25) is 5.91 Å². The second-order valence-corrected chi connectivity index (χ2v) is 11.2. The number of hydrogen-bond acceptors (Lipinski definition) is 6. The summed E-state index contributed by atoms with van der Waals surface area (Å²) in [6, 6.07) is 22.9. The van der Waals surface area contributed by atoms with E-state index in [0.29, 0.717) is 34.1 Å². The smallest absolute Gasteiger partial charge is 0.272 e. The maximum absolute atomic E-state index is 13.3. The quantitative estimate of drug-likeness (QED) is 0.123. The highest BCUT2D eigenvalue weighted by Gasteiger charge is 2.20. The maximum Gasteiger partial charge on any atom is 0.272 e. The summed E-state index contributed by atoms with van der Waals surface area (Å²) in [5, 5.41) is 12.3. The molecule has 0 saturated carbocycles. The van der Waals surface area contributed by atoms with E-state index in [-0.39, 0.29) is 22.8 Å². The van der Waals surface area contributed by atoms with Gasteiger partial charge in [0, 0.05) is 21.8 Å². The summed E-state index contributed by atoms with van der Waals surface area (Å²) in [5.74, 6) is -0.499. The van der Waals surface area contributed by atoms with Gasteiger partial charge in [-0.3, -0.25) is 14.4 Å². The summed E-state index contributed by atoms with van der Waals surface area (Å²) in [6.45, 7) is 1.93. The fraction of sp³-hybridized carbons (Fsp3) is 0.129. The first-order valence-corrected chi connectivity index (χ1v) is 14.9. The highest BCUT2D eigenvalue weighted by Crippen LogP contribution is 2.31. The van der Waals surface area contributed by atoms with E-state index < -0.39 is 5.91 Å². The van der Waals surface area contributed by atoms with Crippen molar-refractivity contribution < 1.29 is 19.1 Å². The number of ether oxygens (including phenoxy) is 1. The van der Waals surface area contributed by atoms with Crippen LogP contribution in [-0.2, 0) is 9.59 Å². The molecule has 210 valence electrons. The van der Waals surface area contributed by atoms with E-state index in [4.69, 9.17) is 16.3 Å². The standard InChI is InChI=1S/C31H28ClN3O4S2/c1-3-28(31(38)34-23-12-13-27(39-2)25(32)18-23)41-24-11-7-10-22(17-24)33-30(37)26(16-20-14-15-40-19-20)35-29(36)21-8-5-4-6-9-21/h4-19,28H,3H2,1-2H3,(H,33,37)(H,34,38)(H,35,36)/b26-16-. The third-order valence-corrected chi connectivity index (χ3v) is 8.19. The maximum atomic E-state index is 13.3. The molecular weight excluding hydrogens is 578 g/mol. The van der Waals surface area contributed by atoms with E-state index in [1.807, 2.05) is 35.9 Å². The normalized spacial score (nSPS) is 11.8. The molecule has 3 amide bonds. The first kappa shape index (κ1) is 29.9. The van der Waals surface area contributed by atoms with Crippen LogP contribution in [-0.4, -0.2) is 30.1 Å². The molecular formula is C31H28ClN3O4S2. The Bertz CT molecular complexity index is 1540. The van der Waals surface area contributed by atoms with Crippen LogP contribution in [0.4, 0.5) is 11.4 Å². The van der Waals surface area contributed by atoms with Crippen LogP contribution >= 0.6 is 34.7 Å². The van der Waals surface area contributed by atoms with Crippen LogP contribution in [0.2, 0.25) is 5.02 Å². The molecule has 1 unspecified atom stereocenters. The Labute approximate surface area is 252 Å². The number of thioether (sulfide) groups is 1. The molecule has 0 aliphatic carbocycles. The molecule has 4 aromatic rings. The molecule has 3 N–H and O–H groups in total. The molecule has 4 rings (SSSR count). The summed E-state index contributed by atoms with van der Waals surface area (Å²) >= 11 is 9.07. The summed E-state index contributed by atoms with van der Waals surface area (Å²) in [6.07, 6.45) is 2.21. The number of amides is 3. The number of halogens is 1. The minimum absolute atomic E-state index is 0.110. The number of carbonyl (C=O) groups is 3. The molecule has 0 spiro atoms. The van der Waals surface area contributed by atoms with Crippen molar-refractivity contribution in [2.24, 2.45) is 0 Å². The van der Waals surface area contributed by atoms with E-state index in [1.54, 1.807) is 66.7 Å². The molecule has 1 heterocycles. The Balaban J connectivity index is 1.45. The molecule has 0 bridgehead atoms. The molecule has 7 nitrogen and oxygen atoms in total. The monoisotopic (exact) mass is 605 g/mol. The van der Waals surface area contributed by atoms with E-state index in [9.17, 15) is 14.4 Å². The van der Waals surface area contributed by atoms with Crippen molar-refractivity contribution in [2.45, 2.75) is 23.5 Å². The number of rotatable bonds is 11. The lowest BCUT2D eigenvalue weighted by Crippen LogP contribution is -2.30. The number of hydrogen-bond donors (Lipinski definition) is 3. The fourth-order valence-electron chi connectivity index (χ4n) is 3.77. The van der Waals surface area contributed by atoms with E-state index in [2.05, 4.69) is 16.0 Å². The minimum Gasteiger partial charge on any atom is -0.495 e. The van der Waals surface area contributed by atoms with Crippen LogP contribution in [0.1, 0.15) is 29.3 Å².